The van der Waals surface area contributed by atoms with Gasteiger partial charge in [-0.25, -0.2) is 0 Å². The molecule has 0 aromatic carbocycles. The lowest BCUT2D eigenvalue weighted by Crippen LogP contribution is -2.37. The van der Waals surface area contributed by atoms with Gasteiger partial charge in [0.25, 0.3) is 0 Å². The number of pyridine rings is 1. The number of halogens is 2. The zero-order chi connectivity index (χ0) is 13.4. The van der Waals surface area contributed by atoms with Crippen molar-refractivity contribution < 1.29 is 0 Å². The number of rotatable bonds is 1. The zero-order valence-electron chi connectivity index (χ0n) is 10.7. The maximum atomic E-state index is 6.66. The molecule has 18 heavy (non-hydrogen) atoms. The SMILES string of the molecule is CC(C)(C)C1=CC(Cl)(c2ccncc2)NC(Cl)=C1. The molecule has 1 unspecified atom stereocenters. The largest absolute Gasteiger partial charge is 0.350 e. The topological polar surface area (TPSA) is 24.9 Å². The Hall–Kier alpha value is -0.990. The first-order chi connectivity index (χ1) is 8.31. The van der Waals surface area contributed by atoms with Gasteiger partial charge in [0.05, 0.1) is 0 Å². The van der Waals surface area contributed by atoms with Gasteiger partial charge in [0.15, 0.2) is 5.00 Å². The van der Waals surface area contributed by atoms with E-state index in [1.54, 1.807) is 12.4 Å². The van der Waals surface area contributed by atoms with Crippen LogP contribution in [0, 0.1) is 5.41 Å². The van der Waals surface area contributed by atoms with Crippen LogP contribution >= 0.6 is 23.2 Å². The van der Waals surface area contributed by atoms with Crippen LogP contribution in [0.25, 0.3) is 0 Å². The minimum Gasteiger partial charge on any atom is -0.350 e. The maximum Gasteiger partial charge on any atom is 0.158 e. The standard InChI is InChI=1S/C14H16Cl2N2/c1-13(2,3)11-8-12(15)18-14(16,9-11)10-4-6-17-7-5-10/h4-9,18H,1-3H3. The van der Waals surface area contributed by atoms with Gasteiger partial charge >= 0.3 is 0 Å². The Labute approximate surface area is 118 Å². The van der Waals surface area contributed by atoms with Crippen LogP contribution in [-0.4, -0.2) is 4.98 Å². The summed E-state index contributed by atoms with van der Waals surface area (Å²) in [6.07, 6.45) is 7.37. The molecule has 0 fully saturated rings. The molecule has 0 saturated heterocycles. The predicted molar refractivity (Wildman–Crippen MR) is 76.4 cm³/mol. The minimum atomic E-state index is -0.808. The van der Waals surface area contributed by atoms with E-state index < -0.39 is 5.00 Å². The molecule has 0 amide bonds. The molecule has 2 heterocycles. The van der Waals surface area contributed by atoms with Crippen LogP contribution in [-0.2, 0) is 5.00 Å². The van der Waals surface area contributed by atoms with E-state index in [-0.39, 0.29) is 5.41 Å². The number of nitrogens with zero attached hydrogens (tertiary/aromatic N) is 1. The quantitative estimate of drug-likeness (QED) is 0.619. The molecular formula is C14H16Cl2N2. The van der Waals surface area contributed by atoms with Gasteiger partial charge in [-0.3, -0.25) is 4.98 Å². The highest BCUT2D eigenvalue weighted by Crippen LogP contribution is 2.39. The highest BCUT2D eigenvalue weighted by atomic mass is 35.5. The molecule has 0 radical (unpaired) electrons. The smallest absolute Gasteiger partial charge is 0.158 e. The summed E-state index contributed by atoms with van der Waals surface area (Å²) in [6.45, 7) is 6.40. The molecular weight excluding hydrogens is 267 g/mol. The van der Waals surface area contributed by atoms with E-state index in [1.807, 2.05) is 24.3 Å². The second-order valence-corrected chi connectivity index (χ2v) is 6.42. The molecule has 96 valence electrons. The molecule has 1 atom stereocenters. The third-order valence-corrected chi connectivity index (χ3v) is 3.53. The molecule has 2 rings (SSSR count). The Balaban J connectivity index is 2.47. The first-order valence-electron chi connectivity index (χ1n) is 5.79. The molecule has 0 bridgehead atoms. The van der Waals surface area contributed by atoms with Crippen molar-refractivity contribution >= 4 is 23.2 Å². The van der Waals surface area contributed by atoms with E-state index in [1.165, 1.54) is 0 Å². The van der Waals surface area contributed by atoms with Gasteiger partial charge in [0, 0.05) is 12.4 Å². The highest BCUT2D eigenvalue weighted by molar-refractivity contribution is 6.31. The molecule has 0 saturated carbocycles. The number of allylic oxidation sites excluding steroid dienone is 2. The van der Waals surface area contributed by atoms with Crippen molar-refractivity contribution in [1.82, 2.24) is 10.3 Å². The van der Waals surface area contributed by atoms with E-state index >= 15 is 0 Å². The third kappa shape index (κ3) is 2.70. The van der Waals surface area contributed by atoms with Crippen molar-refractivity contribution in [1.29, 1.82) is 0 Å². The summed E-state index contributed by atoms with van der Waals surface area (Å²) in [6, 6.07) is 3.76. The molecule has 1 aromatic heterocycles. The Morgan fingerprint density at radius 1 is 1.22 bits per heavy atom. The van der Waals surface area contributed by atoms with Crippen LogP contribution in [0.5, 0.6) is 0 Å². The molecule has 1 aliphatic heterocycles. The van der Waals surface area contributed by atoms with Gasteiger partial charge in [0.1, 0.15) is 5.16 Å². The van der Waals surface area contributed by atoms with Gasteiger partial charge in [-0.2, -0.15) is 0 Å². The number of hydrogen-bond donors (Lipinski definition) is 1. The van der Waals surface area contributed by atoms with Gasteiger partial charge in [0.2, 0.25) is 0 Å². The Morgan fingerprint density at radius 3 is 2.39 bits per heavy atom. The van der Waals surface area contributed by atoms with Crippen molar-refractivity contribution in [3.63, 3.8) is 0 Å². The molecule has 2 nitrogen and oxygen atoms in total. The monoisotopic (exact) mass is 282 g/mol. The van der Waals surface area contributed by atoms with Gasteiger partial charge < -0.3 is 5.32 Å². The summed E-state index contributed by atoms with van der Waals surface area (Å²) in [5.74, 6) is 0. The second-order valence-electron chi connectivity index (χ2n) is 5.41. The second kappa shape index (κ2) is 4.60. The molecule has 1 N–H and O–H groups in total. The molecule has 1 aromatic rings. The van der Waals surface area contributed by atoms with Crippen LogP contribution in [0.1, 0.15) is 26.3 Å². The lowest BCUT2D eigenvalue weighted by Gasteiger charge is -2.34. The van der Waals surface area contributed by atoms with Crippen molar-refractivity contribution in [3.8, 4) is 0 Å². The Bertz CT molecular complexity index is 500. The van der Waals surface area contributed by atoms with E-state index in [4.69, 9.17) is 23.2 Å². The summed E-state index contributed by atoms with van der Waals surface area (Å²) >= 11 is 12.8. The van der Waals surface area contributed by atoms with E-state index in [9.17, 15) is 0 Å². The normalized spacial score (nSPS) is 24.1. The summed E-state index contributed by atoms with van der Waals surface area (Å²) in [5, 5.41) is 3.65. The number of aromatic nitrogens is 1. The molecule has 4 heteroatoms. The average molecular weight is 283 g/mol. The third-order valence-electron chi connectivity index (χ3n) is 2.90. The lowest BCUT2D eigenvalue weighted by atomic mass is 9.83. The zero-order valence-corrected chi connectivity index (χ0v) is 12.2. The fraction of sp³-hybridized carbons (Fsp3) is 0.357. The summed E-state index contributed by atoms with van der Waals surface area (Å²) in [5.41, 5.74) is 2.03. The van der Waals surface area contributed by atoms with Crippen LogP contribution in [0.3, 0.4) is 0 Å². The minimum absolute atomic E-state index is 0.00455. The Morgan fingerprint density at radius 2 is 1.83 bits per heavy atom. The van der Waals surface area contributed by atoms with Crippen LogP contribution in [0.4, 0.5) is 0 Å². The fourth-order valence-corrected chi connectivity index (χ4v) is 2.48. The highest BCUT2D eigenvalue weighted by Gasteiger charge is 2.33. The van der Waals surface area contributed by atoms with Crippen LogP contribution in [0.2, 0.25) is 0 Å². The fourth-order valence-electron chi connectivity index (χ4n) is 1.82. The van der Waals surface area contributed by atoms with Crippen molar-refractivity contribution in [3.05, 3.63) is 53.0 Å². The van der Waals surface area contributed by atoms with Crippen molar-refractivity contribution in [2.24, 2.45) is 5.41 Å². The summed E-state index contributed by atoms with van der Waals surface area (Å²) in [4.78, 5) is 3.20. The molecule has 0 aliphatic carbocycles. The summed E-state index contributed by atoms with van der Waals surface area (Å²) in [7, 11) is 0. The van der Waals surface area contributed by atoms with E-state index in [0.29, 0.717) is 5.16 Å². The lowest BCUT2D eigenvalue weighted by molar-refractivity contribution is 0.497. The first kappa shape index (κ1) is 13.4. The van der Waals surface area contributed by atoms with E-state index in [2.05, 4.69) is 31.1 Å². The van der Waals surface area contributed by atoms with Crippen molar-refractivity contribution in [2.45, 2.75) is 25.8 Å². The molecule has 0 spiro atoms. The average Bonchev–Trinajstić information content (AvgIpc) is 2.28. The number of hydrogen-bond acceptors (Lipinski definition) is 2. The predicted octanol–water partition coefficient (Wildman–Crippen LogP) is 4.13. The van der Waals surface area contributed by atoms with Gasteiger partial charge in [-0.1, -0.05) is 44.0 Å². The Kier molecular flexibility index (Phi) is 3.43. The molecule has 1 aliphatic rings. The van der Waals surface area contributed by atoms with Crippen LogP contribution < -0.4 is 5.32 Å². The summed E-state index contributed by atoms with van der Waals surface area (Å²) < 4.78 is 0. The first-order valence-corrected chi connectivity index (χ1v) is 6.55. The van der Waals surface area contributed by atoms with Crippen LogP contribution in [0.15, 0.2) is 47.4 Å². The number of dihydropyridines is 1. The number of alkyl halides is 1. The van der Waals surface area contributed by atoms with Gasteiger partial charge in [-0.05, 0) is 40.8 Å². The van der Waals surface area contributed by atoms with Crippen molar-refractivity contribution in [2.75, 3.05) is 0 Å². The van der Waals surface area contributed by atoms with Gasteiger partial charge in [-0.15, -0.1) is 0 Å². The maximum absolute atomic E-state index is 6.66. The van der Waals surface area contributed by atoms with E-state index in [0.717, 1.165) is 11.1 Å². The number of nitrogens with one attached hydrogen (secondary N) is 1.